The molecule has 0 aliphatic heterocycles. The van der Waals surface area contributed by atoms with Crippen LogP contribution >= 0.6 is 0 Å². The largest absolute Gasteiger partial charge is 0.354 e. The number of anilines is 1. The van der Waals surface area contributed by atoms with Crippen molar-refractivity contribution in [2.24, 2.45) is 5.92 Å². The molecule has 0 spiro atoms. The number of benzene rings is 3. The van der Waals surface area contributed by atoms with Crippen molar-refractivity contribution in [2.75, 3.05) is 17.4 Å². The van der Waals surface area contributed by atoms with E-state index >= 15 is 0 Å². The quantitative estimate of drug-likeness (QED) is 0.365. The minimum Gasteiger partial charge on any atom is -0.354 e. The molecule has 8 heteroatoms. The summed E-state index contributed by atoms with van der Waals surface area (Å²) in [5, 5.41) is 2.90. The number of hydrogen-bond donors (Lipinski definition) is 1. The summed E-state index contributed by atoms with van der Waals surface area (Å²) in [6, 6.07) is 20.4. The number of sulfonamides is 1. The van der Waals surface area contributed by atoms with Crippen LogP contribution in [0.2, 0.25) is 0 Å². The zero-order valence-electron chi connectivity index (χ0n) is 23.6. The highest BCUT2D eigenvalue weighted by Crippen LogP contribution is 2.26. The monoisotopic (exact) mass is 549 g/mol. The minimum atomic E-state index is -4.08. The first kappa shape index (κ1) is 29.9. The first-order chi connectivity index (χ1) is 18.4. The molecule has 3 rings (SSSR count). The highest BCUT2D eigenvalue weighted by molar-refractivity contribution is 7.92. The Morgan fingerprint density at radius 1 is 0.821 bits per heavy atom. The Kier molecular flexibility index (Phi) is 9.92. The van der Waals surface area contributed by atoms with Crippen molar-refractivity contribution < 1.29 is 18.0 Å². The predicted molar refractivity (Wildman–Crippen MR) is 156 cm³/mol. The normalized spacial score (nSPS) is 12.2. The molecular weight excluding hydrogens is 510 g/mol. The first-order valence-electron chi connectivity index (χ1n) is 13.2. The highest BCUT2D eigenvalue weighted by Gasteiger charge is 2.32. The molecule has 0 bridgehead atoms. The topological polar surface area (TPSA) is 86.8 Å². The van der Waals surface area contributed by atoms with E-state index < -0.39 is 28.5 Å². The second-order valence-corrected chi connectivity index (χ2v) is 12.4. The molecule has 0 unspecified atom stereocenters. The van der Waals surface area contributed by atoms with E-state index in [0.29, 0.717) is 12.2 Å². The van der Waals surface area contributed by atoms with Gasteiger partial charge >= 0.3 is 0 Å². The van der Waals surface area contributed by atoms with E-state index in [2.05, 4.69) is 5.32 Å². The number of aryl methyl sites for hydroxylation is 3. The van der Waals surface area contributed by atoms with Gasteiger partial charge in [-0.1, -0.05) is 67.9 Å². The van der Waals surface area contributed by atoms with Crippen molar-refractivity contribution in [1.29, 1.82) is 0 Å². The maximum Gasteiger partial charge on any atom is 0.264 e. The maximum absolute atomic E-state index is 14.0. The molecule has 0 aliphatic carbocycles. The van der Waals surface area contributed by atoms with Gasteiger partial charge in [-0.25, -0.2) is 8.42 Å². The van der Waals surface area contributed by atoms with Gasteiger partial charge in [0.1, 0.15) is 12.6 Å². The van der Waals surface area contributed by atoms with Crippen molar-refractivity contribution in [3.8, 4) is 0 Å². The number of nitrogens with zero attached hydrogens (tertiary/aromatic N) is 2. The van der Waals surface area contributed by atoms with E-state index in [1.165, 1.54) is 17.0 Å². The number of carbonyl (C=O) groups excluding carboxylic acids is 2. The third kappa shape index (κ3) is 7.93. The average Bonchev–Trinajstić information content (AvgIpc) is 2.89. The summed E-state index contributed by atoms with van der Waals surface area (Å²) < 4.78 is 28.9. The van der Waals surface area contributed by atoms with Crippen LogP contribution in [-0.4, -0.2) is 44.3 Å². The standard InChI is InChI=1S/C31H39N3O4S/c1-22(2)19-32-31(36)26(6)33(20-27-14-12-23(3)13-15-27)30(35)21-34(28-17-24(4)16-25(5)18-28)39(37,38)29-10-8-7-9-11-29/h7-18,22,26H,19-21H2,1-6H3,(H,32,36)/t26-/m0/s1. The van der Waals surface area contributed by atoms with Crippen LogP contribution in [-0.2, 0) is 26.2 Å². The molecule has 0 fully saturated rings. The molecular formula is C31H39N3O4S. The third-order valence-electron chi connectivity index (χ3n) is 6.43. The van der Waals surface area contributed by atoms with Crippen LogP contribution in [0.25, 0.3) is 0 Å². The Balaban J connectivity index is 2.03. The van der Waals surface area contributed by atoms with Gasteiger partial charge in [0.05, 0.1) is 10.6 Å². The average molecular weight is 550 g/mol. The van der Waals surface area contributed by atoms with E-state index in [1.54, 1.807) is 37.3 Å². The lowest BCUT2D eigenvalue weighted by atomic mass is 10.1. The Hall–Kier alpha value is -3.65. The lowest BCUT2D eigenvalue weighted by Gasteiger charge is -2.32. The molecule has 0 radical (unpaired) electrons. The molecule has 0 saturated carbocycles. The first-order valence-corrected chi connectivity index (χ1v) is 14.6. The van der Waals surface area contributed by atoms with Gasteiger partial charge in [0.25, 0.3) is 10.0 Å². The second kappa shape index (κ2) is 12.9. The van der Waals surface area contributed by atoms with E-state index in [9.17, 15) is 18.0 Å². The smallest absolute Gasteiger partial charge is 0.264 e. The summed E-state index contributed by atoms with van der Waals surface area (Å²) in [5.74, 6) is -0.507. The Bertz CT molecular complexity index is 1370. The fourth-order valence-electron chi connectivity index (χ4n) is 4.27. The van der Waals surface area contributed by atoms with Crippen molar-refractivity contribution in [2.45, 2.75) is 59.0 Å². The third-order valence-corrected chi connectivity index (χ3v) is 8.22. The van der Waals surface area contributed by atoms with Crippen molar-refractivity contribution >= 4 is 27.5 Å². The molecule has 1 N–H and O–H groups in total. The summed E-state index contributed by atoms with van der Waals surface area (Å²) in [6.45, 7) is 11.6. The predicted octanol–water partition coefficient (Wildman–Crippen LogP) is 5.00. The van der Waals surface area contributed by atoms with Gasteiger partial charge < -0.3 is 10.2 Å². The van der Waals surface area contributed by atoms with Crippen LogP contribution in [0.3, 0.4) is 0 Å². The van der Waals surface area contributed by atoms with E-state index in [1.807, 2.05) is 65.0 Å². The van der Waals surface area contributed by atoms with Gasteiger partial charge in [0.15, 0.2) is 0 Å². The van der Waals surface area contributed by atoms with E-state index in [4.69, 9.17) is 0 Å². The molecule has 0 saturated heterocycles. The Morgan fingerprint density at radius 2 is 1.41 bits per heavy atom. The molecule has 39 heavy (non-hydrogen) atoms. The highest BCUT2D eigenvalue weighted by atomic mass is 32.2. The number of carbonyl (C=O) groups is 2. The lowest BCUT2D eigenvalue weighted by molar-refractivity contribution is -0.139. The van der Waals surface area contributed by atoms with Crippen molar-refractivity contribution in [3.63, 3.8) is 0 Å². The molecule has 2 amide bonds. The number of amides is 2. The SMILES string of the molecule is Cc1ccc(CN(C(=O)CN(c2cc(C)cc(C)c2)S(=O)(=O)c2ccccc2)[C@@H](C)C(=O)NCC(C)C)cc1. The van der Waals surface area contributed by atoms with E-state index in [-0.39, 0.29) is 23.3 Å². The molecule has 0 aromatic heterocycles. The van der Waals surface area contributed by atoms with Crippen LogP contribution in [0.4, 0.5) is 5.69 Å². The Morgan fingerprint density at radius 3 is 1.97 bits per heavy atom. The van der Waals surface area contributed by atoms with Gasteiger partial charge in [-0.05, 0) is 74.6 Å². The van der Waals surface area contributed by atoms with Crippen LogP contribution in [0, 0.1) is 26.7 Å². The van der Waals surface area contributed by atoms with Crippen LogP contribution in [0.15, 0.2) is 77.7 Å². The van der Waals surface area contributed by atoms with Gasteiger partial charge in [-0.15, -0.1) is 0 Å². The number of rotatable bonds is 11. The molecule has 3 aromatic carbocycles. The van der Waals surface area contributed by atoms with Crippen LogP contribution in [0.1, 0.15) is 43.0 Å². The maximum atomic E-state index is 14.0. The minimum absolute atomic E-state index is 0.0877. The molecule has 208 valence electrons. The number of nitrogens with one attached hydrogen (secondary N) is 1. The van der Waals surface area contributed by atoms with Crippen molar-refractivity contribution in [1.82, 2.24) is 10.2 Å². The summed E-state index contributed by atoms with van der Waals surface area (Å²) in [6.07, 6.45) is 0. The van der Waals surface area contributed by atoms with Crippen LogP contribution < -0.4 is 9.62 Å². The lowest BCUT2D eigenvalue weighted by Crippen LogP contribution is -2.51. The second-order valence-electron chi connectivity index (χ2n) is 10.5. The summed E-state index contributed by atoms with van der Waals surface area (Å²) in [7, 11) is -4.08. The molecule has 0 aliphatic rings. The zero-order valence-corrected chi connectivity index (χ0v) is 24.5. The number of hydrogen-bond acceptors (Lipinski definition) is 4. The fraction of sp³-hybridized carbons (Fsp3) is 0.355. The van der Waals surface area contributed by atoms with Crippen LogP contribution in [0.5, 0.6) is 0 Å². The molecule has 1 atom stereocenters. The molecule has 7 nitrogen and oxygen atoms in total. The zero-order chi connectivity index (χ0) is 28.7. The van der Waals surface area contributed by atoms with E-state index in [0.717, 1.165) is 26.6 Å². The Labute approximate surface area is 232 Å². The van der Waals surface area contributed by atoms with Gasteiger partial charge in [-0.2, -0.15) is 0 Å². The van der Waals surface area contributed by atoms with Gasteiger partial charge in [0, 0.05) is 13.1 Å². The van der Waals surface area contributed by atoms with Gasteiger partial charge in [-0.3, -0.25) is 13.9 Å². The summed E-state index contributed by atoms with van der Waals surface area (Å²) in [4.78, 5) is 28.6. The molecule has 3 aromatic rings. The fourth-order valence-corrected chi connectivity index (χ4v) is 5.69. The van der Waals surface area contributed by atoms with Crippen molar-refractivity contribution in [3.05, 3.63) is 95.1 Å². The van der Waals surface area contributed by atoms with Gasteiger partial charge in [0.2, 0.25) is 11.8 Å². The summed E-state index contributed by atoms with van der Waals surface area (Å²) >= 11 is 0. The molecule has 0 heterocycles. The summed E-state index contributed by atoms with van der Waals surface area (Å²) in [5.41, 5.74) is 4.08.